The monoisotopic (exact) mass is 353 g/mol. The molecule has 134 valence electrons. The molecular formula is C18H19N5O3. The highest BCUT2D eigenvalue weighted by Gasteiger charge is 2.23. The van der Waals surface area contributed by atoms with E-state index in [2.05, 4.69) is 20.4 Å². The predicted molar refractivity (Wildman–Crippen MR) is 93.0 cm³/mol. The van der Waals surface area contributed by atoms with E-state index in [1.165, 1.54) is 0 Å². The highest BCUT2D eigenvalue weighted by Crippen LogP contribution is 2.35. The minimum atomic E-state index is 0.238. The summed E-state index contributed by atoms with van der Waals surface area (Å²) in [6.07, 6.45) is 2.16. The summed E-state index contributed by atoms with van der Waals surface area (Å²) in [7, 11) is 0. The highest BCUT2D eigenvalue weighted by molar-refractivity contribution is 5.63. The maximum absolute atomic E-state index is 5.48. The summed E-state index contributed by atoms with van der Waals surface area (Å²) in [6, 6.07) is 5.59. The third-order valence-electron chi connectivity index (χ3n) is 4.89. The van der Waals surface area contributed by atoms with Crippen LogP contribution in [0.1, 0.15) is 30.3 Å². The number of benzene rings is 1. The second-order valence-electron chi connectivity index (χ2n) is 6.61. The van der Waals surface area contributed by atoms with Crippen molar-refractivity contribution in [2.75, 3.05) is 19.9 Å². The Balaban J connectivity index is 1.44. The van der Waals surface area contributed by atoms with Crippen molar-refractivity contribution in [3.63, 3.8) is 0 Å². The first-order valence-electron chi connectivity index (χ1n) is 8.79. The third-order valence-corrected chi connectivity index (χ3v) is 4.89. The number of hydrogen-bond acceptors (Lipinski definition) is 7. The van der Waals surface area contributed by atoms with Crippen molar-refractivity contribution in [3.05, 3.63) is 29.7 Å². The Morgan fingerprint density at radius 2 is 1.92 bits per heavy atom. The first kappa shape index (κ1) is 15.4. The zero-order valence-electron chi connectivity index (χ0n) is 14.4. The van der Waals surface area contributed by atoms with Crippen LogP contribution in [0.3, 0.4) is 0 Å². The molecule has 0 aliphatic carbocycles. The molecule has 8 nitrogen and oxygen atoms in total. The van der Waals surface area contributed by atoms with E-state index in [1.807, 2.05) is 25.1 Å². The maximum Gasteiger partial charge on any atom is 0.278 e. The largest absolute Gasteiger partial charge is 0.454 e. The van der Waals surface area contributed by atoms with Crippen LogP contribution in [-0.4, -0.2) is 40.0 Å². The number of aryl methyl sites for hydroxylation is 1. The molecule has 5 rings (SSSR count). The van der Waals surface area contributed by atoms with E-state index >= 15 is 0 Å². The van der Waals surface area contributed by atoms with Gasteiger partial charge < -0.3 is 24.3 Å². The minimum absolute atomic E-state index is 0.238. The lowest BCUT2D eigenvalue weighted by Crippen LogP contribution is -2.27. The number of hydrogen-bond donors (Lipinski definition) is 2. The van der Waals surface area contributed by atoms with Crippen LogP contribution in [0, 0.1) is 6.92 Å². The number of aromatic amines is 1. The van der Waals surface area contributed by atoms with Crippen molar-refractivity contribution >= 4 is 0 Å². The van der Waals surface area contributed by atoms with Crippen LogP contribution < -0.4 is 14.8 Å². The van der Waals surface area contributed by atoms with E-state index in [-0.39, 0.29) is 6.79 Å². The lowest BCUT2D eigenvalue weighted by molar-refractivity contribution is 0.174. The molecule has 4 heterocycles. The van der Waals surface area contributed by atoms with Crippen molar-refractivity contribution < 1.29 is 14.0 Å². The van der Waals surface area contributed by atoms with Crippen LogP contribution >= 0.6 is 0 Å². The number of ether oxygens (including phenoxy) is 2. The fraction of sp³-hybridized carbons (Fsp3) is 0.389. The molecule has 1 saturated heterocycles. The Kier molecular flexibility index (Phi) is 3.63. The lowest BCUT2D eigenvalue weighted by atomic mass is 9.98. The fourth-order valence-corrected chi connectivity index (χ4v) is 3.45. The van der Waals surface area contributed by atoms with Crippen LogP contribution in [0.15, 0.2) is 22.7 Å². The molecule has 3 aromatic rings. The van der Waals surface area contributed by atoms with Crippen LogP contribution in [-0.2, 0) is 0 Å². The second kappa shape index (κ2) is 6.14. The van der Waals surface area contributed by atoms with E-state index in [0.717, 1.165) is 54.5 Å². The number of nitrogens with one attached hydrogen (secondary N) is 2. The maximum atomic E-state index is 5.48. The number of piperidine rings is 1. The van der Waals surface area contributed by atoms with Gasteiger partial charge in [0, 0.05) is 17.2 Å². The summed E-state index contributed by atoms with van der Waals surface area (Å²) in [5, 5.41) is 7.48. The molecular weight excluding hydrogens is 334 g/mol. The van der Waals surface area contributed by atoms with Crippen LogP contribution in [0.4, 0.5) is 0 Å². The zero-order valence-corrected chi connectivity index (χ0v) is 14.4. The molecule has 1 aromatic carbocycles. The third kappa shape index (κ3) is 2.62. The molecule has 2 aromatic heterocycles. The van der Waals surface area contributed by atoms with Gasteiger partial charge in [-0.3, -0.25) is 0 Å². The van der Waals surface area contributed by atoms with Crippen molar-refractivity contribution in [3.8, 4) is 34.5 Å². The molecule has 0 atom stereocenters. The van der Waals surface area contributed by atoms with E-state index in [9.17, 15) is 0 Å². The molecule has 2 aliphatic rings. The summed E-state index contributed by atoms with van der Waals surface area (Å²) in [5.41, 5.74) is 2.48. The summed E-state index contributed by atoms with van der Waals surface area (Å²) in [4.78, 5) is 12.7. The number of nitrogens with zero attached hydrogens (tertiary/aromatic N) is 3. The zero-order chi connectivity index (χ0) is 17.5. The van der Waals surface area contributed by atoms with Crippen molar-refractivity contribution in [1.29, 1.82) is 0 Å². The summed E-state index contributed by atoms with van der Waals surface area (Å²) in [5.74, 6) is 3.79. The van der Waals surface area contributed by atoms with Gasteiger partial charge in [0.2, 0.25) is 12.6 Å². The molecule has 0 saturated carbocycles. The Hall–Kier alpha value is -2.87. The molecule has 0 unspecified atom stereocenters. The first-order valence-corrected chi connectivity index (χ1v) is 8.79. The van der Waals surface area contributed by atoms with Gasteiger partial charge >= 0.3 is 0 Å². The van der Waals surface area contributed by atoms with Gasteiger partial charge in [-0.25, -0.2) is 4.98 Å². The molecule has 2 aliphatic heterocycles. The average molecular weight is 353 g/mol. The standard InChI is InChI=1S/C18H19N5O3/c1-10-15(21-16(20-10)11-4-6-19-7-5-11)18-22-17(23-26-18)12-2-3-13-14(8-12)25-9-24-13/h2-3,8,11,19H,4-7,9H2,1H3,(H,20,21). The second-order valence-corrected chi connectivity index (χ2v) is 6.61. The van der Waals surface area contributed by atoms with Crippen LogP contribution in [0.25, 0.3) is 23.0 Å². The SMILES string of the molecule is Cc1[nH]c(C2CCNCC2)nc1-c1nc(-c2ccc3c(c2)OCO3)no1. The molecule has 26 heavy (non-hydrogen) atoms. The van der Waals surface area contributed by atoms with Gasteiger partial charge in [-0.1, -0.05) is 5.16 Å². The Labute approximate surface area is 149 Å². The molecule has 0 spiro atoms. The minimum Gasteiger partial charge on any atom is -0.454 e. The van der Waals surface area contributed by atoms with Crippen molar-refractivity contribution in [1.82, 2.24) is 25.4 Å². The number of aromatic nitrogens is 4. The molecule has 1 fully saturated rings. The first-order chi connectivity index (χ1) is 12.8. The molecule has 0 amide bonds. The quantitative estimate of drug-likeness (QED) is 0.747. The molecule has 0 radical (unpaired) electrons. The Bertz CT molecular complexity index is 942. The summed E-state index contributed by atoms with van der Waals surface area (Å²) in [6.45, 7) is 4.27. The fourth-order valence-electron chi connectivity index (χ4n) is 3.45. The van der Waals surface area contributed by atoms with Gasteiger partial charge in [0.1, 0.15) is 11.5 Å². The Morgan fingerprint density at radius 3 is 2.81 bits per heavy atom. The van der Waals surface area contributed by atoms with Crippen LogP contribution in [0.2, 0.25) is 0 Å². The average Bonchev–Trinajstić information content (AvgIpc) is 3.40. The van der Waals surface area contributed by atoms with Gasteiger partial charge in [-0.05, 0) is 51.1 Å². The number of fused-ring (bicyclic) bond motifs is 1. The van der Waals surface area contributed by atoms with Crippen LogP contribution in [0.5, 0.6) is 11.5 Å². The van der Waals surface area contributed by atoms with Crippen molar-refractivity contribution in [2.45, 2.75) is 25.7 Å². The molecule has 0 bridgehead atoms. The summed E-state index contributed by atoms with van der Waals surface area (Å²) >= 11 is 0. The molecule has 2 N–H and O–H groups in total. The molecule has 8 heteroatoms. The number of imidazole rings is 1. The van der Waals surface area contributed by atoms with E-state index in [4.69, 9.17) is 19.0 Å². The lowest BCUT2D eigenvalue weighted by Gasteiger charge is -2.20. The predicted octanol–water partition coefficient (Wildman–Crippen LogP) is 2.63. The topological polar surface area (TPSA) is 98.1 Å². The normalized spacial score (nSPS) is 17.0. The van der Waals surface area contributed by atoms with Crippen molar-refractivity contribution in [2.24, 2.45) is 0 Å². The smallest absolute Gasteiger partial charge is 0.278 e. The van der Waals surface area contributed by atoms with Gasteiger partial charge in [0.15, 0.2) is 11.5 Å². The Morgan fingerprint density at radius 1 is 1.08 bits per heavy atom. The van der Waals surface area contributed by atoms with E-state index in [0.29, 0.717) is 23.4 Å². The summed E-state index contributed by atoms with van der Waals surface area (Å²) < 4.78 is 16.2. The van der Waals surface area contributed by atoms with Gasteiger partial charge in [0.25, 0.3) is 5.89 Å². The van der Waals surface area contributed by atoms with E-state index < -0.39 is 0 Å². The number of rotatable bonds is 3. The number of H-pyrrole nitrogens is 1. The highest BCUT2D eigenvalue weighted by atomic mass is 16.7. The van der Waals surface area contributed by atoms with E-state index in [1.54, 1.807) is 0 Å². The van der Waals surface area contributed by atoms with Gasteiger partial charge in [-0.2, -0.15) is 4.98 Å². The van der Waals surface area contributed by atoms with Gasteiger partial charge in [0.05, 0.1) is 0 Å². The van der Waals surface area contributed by atoms with Gasteiger partial charge in [-0.15, -0.1) is 0 Å².